The largest absolute Gasteiger partial charge is 0.369 e. The molecule has 0 unspecified atom stereocenters. The number of rotatable bonds is 5. The lowest BCUT2D eigenvalue weighted by Crippen LogP contribution is -2.40. The number of carbonyl (C=O) groups excluding carboxylic acids is 1. The van der Waals surface area contributed by atoms with Crippen molar-refractivity contribution < 1.29 is 9.18 Å². The molecule has 0 radical (unpaired) electrons. The highest BCUT2D eigenvalue weighted by Gasteiger charge is 2.23. The monoisotopic (exact) mass is 258 g/mol. The summed E-state index contributed by atoms with van der Waals surface area (Å²) in [7, 11) is 0. The first-order valence-corrected chi connectivity index (χ1v) is 5.65. The van der Waals surface area contributed by atoms with Gasteiger partial charge in [-0.1, -0.05) is 17.7 Å². The van der Waals surface area contributed by atoms with Gasteiger partial charge < -0.3 is 11.1 Å². The number of hydrogen-bond acceptors (Lipinski definition) is 2. The molecule has 1 amide bonds. The summed E-state index contributed by atoms with van der Waals surface area (Å²) in [5.74, 6) is -0.796. The van der Waals surface area contributed by atoms with Gasteiger partial charge in [0.2, 0.25) is 5.91 Å². The molecule has 0 bridgehead atoms. The zero-order valence-corrected chi connectivity index (χ0v) is 10.6. The third-order valence-electron chi connectivity index (χ3n) is 2.55. The summed E-state index contributed by atoms with van der Waals surface area (Å²) in [6.45, 7) is 4.49. The molecule has 0 aromatic heterocycles. The van der Waals surface area contributed by atoms with Crippen LogP contribution in [0.15, 0.2) is 18.2 Å². The molecule has 0 atom stereocenters. The van der Waals surface area contributed by atoms with Crippen LogP contribution in [0.4, 0.5) is 4.39 Å². The second-order valence-electron chi connectivity index (χ2n) is 4.60. The van der Waals surface area contributed by atoms with Crippen molar-refractivity contribution in [2.45, 2.75) is 20.4 Å². The fourth-order valence-corrected chi connectivity index (χ4v) is 1.46. The molecule has 0 aliphatic heterocycles. The van der Waals surface area contributed by atoms with E-state index in [1.54, 1.807) is 26.0 Å². The van der Waals surface area contributed by atoms with E-state index in [0.29, 0.717) is 13.1 Å². The maximum absolute atomic E-state index is 12.9. The summed E-state index contributed by atoms with van der Waals surface area (Å²) in [6.07, 6.45) is 0. The first-order chi connectivity index (χ1) is 7.83. The van der Waals surface area contributed by atoms with Crippen molar-refractivity contribution in [2.24, 2.45) is 11.1 Å². The van der Waals surface area contributed by atoms with Gasteiger partial charge in [0.05, 0.1) is 10.4 Å². The summed E-state index contributed by atoms with van der Waals surface area (Å²) in [6, 6.07) is 4.52. The van der Waals surface area contributed by atoms with Gasteiger partial charge in [0.25, 0.3) is 0 Å². The van der Waals surface area contributed by atoms with Crippen LogP contribution >= 0.6 is 11.6 Å². The highest BCUT2D eigenvalue weighted by molar-refractivity contribution is 6.30. The Morgan fingerprint density at radius 3 is 2.71 bits per heavy atom. The topological polar surface area (TPSA) is 55.1 Å². The Morgan fingerprint density at radius 2 is 2.18 bits per heavy atom. The molecule has 0 saturated carbocycles. The number of amides is 1. The molecular weight excluding hydrogens is 243 g/mol. The van der Waals surface area contributed by atoms with Crippen LogP contribution in [0, 0.1) is 11.2 Å². The average Bonchev–Trinajstić information content (AvgIpc) is 2.23. The number of nitrogens with one attached hydrogen (secondary N) is 1. The number of carbonyl (C=O) groups is 1. The molecule has 0 spiro atoms. The molecule has 0 aliphatic carbocycles. The first kappa shape index (κ1) is 13.9. The molecule has 0 fully saturated rings. The number of halogens is 2. The molecule has 1 aromatic carbocycles. The van der Waals surface area contributed by atoms with Crippen molar-refractivity contribution in [3.05, 3.63) is 34.6 Å². The van der Waals surface area contributed by atoms with E-state index < -0.39 is 11.2 Å². The van der Waals surface area contributed by atoms with Gasteiger partial charge in [-0.05, 0) is 31.5 Å². The van der Waals surface area contributed by atoms with Crippen LogP contribution in [0.1, 0.15) is 19.4 Å². The van der Waals surface area contributed by atoms with E-state index in [2.05, 4.69) is 5.32 Å². The summed E-state index contributed by atoms with van der Waals surface area (Å²) >= 11 is 5.66. The predicted octanol–water partition coefficient (Wildman–Crippen LogP) is 2.08. The molecule has 0 aliphatic rings. The summed E-state index contributed by atoms with van der Waals surface area (Å²) < 4.78 is 12.9. The van der Waals surface area contributed by atoms with Crippen molar-refractivity contribution >= 4 is 17.5 Å². The summed E-state index contributed by atoms with van der Waals surface area (Å²) in [5, 5.41) is 3.18. The van der Waals surface area contributed by atoms with Crippen molar-refractivity contribution in [3.63, 3.8) is 0 Å². The van der Waals surface area contributed by atoms with Gasteiger partial charge in [-0.3, -0.25) is 4.79 Å². The second-order valence-corrected chi connectivity index (χ2v) is 5.01. The van der Waals surface area contributed by atoms with E-state index in [-0.39, 0.29) is 10.9 Å². The highest BCUT2D eigenvalue weighted by atomic mass is 35.5. The van der Waals surface area contributed by atoms with E-state index in [1.165, 1.54) is 6.07 Å². The predicted molar refractivity (Wildman–Crippen MR) is 66.1 cm³/mol. The molecule has 0 saturated heterocycles. The Labute approximate surface area is 105 Å². The fraction of sp³-hybridized carbons (Fsp3) is 0.417. The first-order valence-electron chi connectivity index (χ1n) is 5.27. The maximum atomic E-state index is 12.9. The number of nitrogens with two attached hydrogens (primary N) is 1. The Hall–Kier alpha value is -1.13. The van der Waals surface area contributed by atoms with Gasteiger partial charge in [0.15, 0.2) is 0 Å². The lowest BCUT2D eigenvalue weighted by Gasteiger charge is -2.20. The lowest BCUT2D eigenvalue weighted by molar-refractivity contribution is -0.125. The van der Waals surface area contributed by atoms with Crippen LogP contribution in [-0.2, 0) is 11.3 Å². The Kier molecular flexibility index (Phi) is 4.48. The number of hydrogen-bond donors (Lipinski definition) is 2. The third kappa shape index (κ3) is 3.98. The van der Waals surface area contributed by atoms with E-state index in [9.17, 15) is 9.18 Å². The molecule has 5 heteroatoms. The second kappa shape index (κ2) is 5.47. The van der Waals surface area contributed by atoms with Crippen LogP contribution in [0.25, 0.3) is 0 Å². The van der Waals surface area contributed by atoms with E-state index in [4.69, 9.17) is 17.3 Å². The van der Waals surface area contributed by atoms with Crippen LogP contribution in [0.5, 0.6) is 0 Å². The zero-order chi connectivity index (χ0) is 13.1. The molecule has 94 valence electrons. The third-order valence-corrected chi connectivity index (χ3v) is 2.84. The van der Waals surface area contributed by atoms with Gasteiger partial charge in [-0.15, -0.1) is 0 Å². The molecule has 3 nitrogen and oxygen atoms in total. The quantitative estimate of drug-likeness (QED) is 0.850. The molecule has 1 rings (SSSR count). The van der Waals surface area contributed by atoms with Crippen LogP contribution < -0.4 is 11.1 Å². The molecule has 1 aromatic rings. The normalized spacial score (nSPS) is 11.5. The molecule has 17 heavy (non-hydrogen) atoms. The Morgan fingerprint density at radius 1 is 1.53 bits per heavy atom. The van der Waals surface area contributed by atoms with Gasteiger partial charge >= 0.3 is 0 Å². The Balaban J connectivity index is 2.51. The zero-order valence-electron chi connectivity index (χ0n) is 9.89. The summed E-state index contributed by atoms with van der Waals surface area (Å²) in [4.78, 5) is 11.1. The van der Waals surface area contributed by atoms with Crippen molar-refractivity contribution in [1.29, 1.82) is 0 Å². The van der Waals surface area contributed by atoms with E-state index in [0.717, 1.165) is 5.56 Å². The van der Waals surface area contributed by atoms with Crippen LogP contribution in [0.2, 0.25) is 5.02 Å². The van der Waals surface area contributed by atoms with E-state index >= 15 is 0 Å². The smallest absolute Gasteiger partial charge is 0.224 e. The molecule has 0 heterocycles. The van der Waals surface area contributed by atoms with Crippen LogP contribution in [0.3, 0.4) is 0 Å². The lowest BCUT2D eigenvalue weighted by atomic mass is 9.93. The standard InChI is InChI=1S/C12H16ClFN2O/c1-12(2,11(15)17)7-16-6-8-3-4-10(14)9(13)5-8/h3-5,16H,6-7H2,1-2H3,(H2,15,17). The van der Waals surface area contributed by atoms with Crippen molar-refractivity contribution in [3.8, 4) is 0 Å². The minimum Gasteiger partial charge on any atom is -0.369 e. The van der Waals surface area contributed by atoms with E-state index in [1.807, 2.05) is 0 Å². The SMILES string of the molecule is CC(C)(CNCc1ccc(F)c(Cl)c1)C(N)=O. The average molecular weight is 259 g/mol. The molecule has 3 N–H and O–H groups in total. The van der Waals surface area contributed by atoms with Gasteiger partial charge in [0, 0.05) is 13.1 Å². The Bertz CT molecular complexity index is 421. The van der Waals surface area contributed by atoms with Crippen LogP contribution in [-0.4, -0.2) is 12.5 Å². The minimum absolute atomic E-state index is 0.0958. The molecular formula is C12H16ClFN2O. The van der Waals surface area contributed by atoms with Gasteiger partial charge in [-0.25, -0.2) is 4.39 Å². The van der Waals surface area contributed by atoms with Crippen molar-refractivity contribution in [2.75, 3.05) is 6.54 Å². The number of primary amides is 1. The van der Waals surface area contributed by atoms with Gasteiger partial charge in [0.1, 0.15) is 5.82 Å². The van der Waals surface area contributed by atoms with Gasteiger partial charge in [-0.2, -0.15) is 0 Å². The summed E-state index contributed by atoms with van der Waals surface area (Å²) in [5.41, 5.74) is 5.49. The van der Waals surface area contributed by atoms with Crippen molar-refractivity contribution in [1.82, 2.24) is 5.32 Å². The minimum atomic E-state index is -0.607. The number of benzene rings is 1. The maximum Gasteiger partial charge on any atom is 0.224 e. The fourth-order valence-electron chi connectivity index (χ4n) is 1.26. The highest BCUT2D eigenvalue weighted by Crippen LogP contribution is 2.16.